The number of aromatic amines is 1. The number of fused-ring (bicyclic) bond motifs is 1. The van der Waals surface area contributed by atoms with Crippen molar-refractivity contribution in [3.63, 3.8) is 0 Å². The minimum Gasteiger partial charge on any atom is -0.370 e. The lowest BCUT2D eigenvalue weighted by Gasteiger charge is -2.33. The number of hydrogen-bond acceptors (Lipinski definition) is 3. The van der Waals surface area contributed by atoms with Crippen LogP contribution in [0.25, 0.3) is 0 Å². The van der Waals surface area contributed by atoms with Crippen LogP contribution in [-0.2, 0) is 17.6 Å². The standard InChI is InChI=1S/C17H18ClN3O2/c18-12-6-4-11(5-7-12)15-10-21(8-9-23-15)17(22)16-13-2-1-3-14(13)19-20-16/h4-7,15H,1-3,8-10H2,(H,19,20)/t15-/m1/s1. The monoisotopic (exact) mass is 331 g/mol. The van der Waals surface area contributed by atoms with Gasteiger partial charge in [0, 0.05) is 22.8 Å². The van der Waals surface area contributed by atoms with Crippen LogP contribution in [-0.4, -0.2) is 40.7 Å². The maximum Gasteiger partial charge on any atom is 0.274 e. The molecule has 2 aliphatic rings. The molecule has 0 saturated carbocycles. The Morgan fingerprint density at radius 2 is 2.13 bits per heavy atom. The van der Waals surface area contributed by atoms with Gasteiger partial charge >= 0.3 is 0 Å². The van der Waals surface area contributed by atoms with Crippen LogP contribution in [0.3, 0.4) is 0 Å². The van der Waals surface area contributed by atoms with Gasteiger partial charge in [0.1, 0.15) is 6.10 Å². The molecule has 2 heterocycles. The summed E-state index contributed by atoms with van der Waals surface area (Å²) in [6.45, 7) is 1.68. The summed E-state index contributed by atoms with van der Waals surface area (Å²) in [5.74, 6) is 0.00617. The van der Waals surface area contributed by atoms with E-state index >= 15 is 0 Å². The molecule has 5 nitrogen and oxygen atoms in total. The number of amides is 1. The molecular weight excluding hydrogens is 314 g/mol. The third kappa shape index (κ3) is 2.75. The molecule has 1 aromatic heterocycles. The molecule has 120 valence electrons. The summed E-state index contributed by atoms with van der Waals surface area (Å²) < 4.78 is 5.83. The van der Waals surface area contributed by atoms with Gasteiger partial charge in [-0.15, -0.1) is 0 Å². The lowest BCUT2D eigenvalue weighted by Crippen LogP contribution is -2.42. The number of rotatable bonds is 2. The molecule has 0 unspecified atom stereocenters. The molecule has 2 aromatic rings. The smallest absolute Gasteiger partial charge is 0.274 e. The van der Waals surface area contributed by atoms with Crippen molar-refractivity contribution in [3.8, 4) is 0 Å². The number of halogens is 1. The number of ether oxygens (including phenoxy) is 1. The van der Waals surface area contributed by atoms with E-state index in [2.05, 4.69) is 10.2 Å². The van der Waals surface area contributed by atoms with Crippen LogP contribution in [0.1, 0.15) is 39.8 Å². The highest BCUT2D eigenvalue weighted by atomic mass is 35.5. The molecule has 1 aromatic carbocycles. The van der Waals surface area contributed by atoms with Crippen LogP contribution in [0.2, 0.25) is 5.02 Å². The Labute approximate surface area is 139 Å². The fraction of sp³-hybridized carbons (Fsp3) is 0.412. The minimum absolute atomic E-state index is 0.00617. The number of aryl methyl sites for hydroxylation is 1. The van der Waals surface area contributed by atoms with Crippen molar-refractivity contribution in [2.45, 2.75) is 25.4 Å². The third-order valence-corrected chi connectivity index (χ3v) is 4.86. The van der Waals surface area contributed by atoms with E-state index < -0.39 is 0 Å². The van der Waals surface area contributed by atoms with Crippen molar-refractivity contribution in [1.82, 2.24) is 15.1 Å². The van der Waals surface area contributed by atoms with E-state index in [9.17, 15) is 4.79 Å². The van der Waals surface area contributed by atoms with Gasteiger partial charge in [0.25, 0.3) is 5.91 Å². The van der Waals surface area contributed by atoms with Crippen LogP contribution < -0.4 is 0 Å². The molecule has 1 atom stereocenters. The van der Waals surface area contributed by atoms with Gasteiger partial charge in [-0.2, -0.15) is 5.10 Å². The van der Waals surface area contributed by atoms with Crippen molar-refractivity contribution in [3.05, 3.63) is 51.8 Å². The number of H-pyrrole nitrogens is 1. The molecule has 0 radical (unpaired) electrons. The van der Waals surface area contributed by atoms with E-state index in [1.165, 1.54) is 0 Å². The Morgan fingerprint density at radius 3 is 2.96 bits per heavy atom. The molecule has 1 fully saturated rings. The van der Waals surface area contributed by atoms with Crippen LogP contribution >= 0.6 is 11.6 Å². The second-order valence-corrected chi connectivity index (χ2v) is 6.48. The van der Waals surface area contributed by atoms with Crippen molar-refractivity contribution < 1.29 is 9.53 Å². The van der Waals surface area contributed by atoms with Crippen molar-refractivity contribution in [1.29, 1.82) is 0 Å². The van der Waals surface area contributed by atoms with Gasteiger partial charge in [-0.05, 0) is 37.0 Å². The van der Waals surface area contributed by atoms with Gasteiger partial charge in [0.15, 0.2) is 5.69 Å². The zero-order valence-electron chi connectivity index (χ0n) is 12.7. The van der Waals surface area contributed by atoms with E-state index in [0.717, 1.165) is 36.1 Å². The summed E-state index contributed by atoms with van der Waals surface area (Å²) in [6, 6.07) is 7.60. The maximum atomic E-state index is 12.8. The van der Waals surface area contributed by atoms with Gasteiger partial charge in [-0.3, -0.25) is 9.89 Å². The average Bonchev–Trinajstić information content (AvgIpc) is 3.18. The fourth-order valence-corrected chi connectivity index (χ4v) is 3.48. The Bertz CT molecular complexity index is 726. The highest BCUT2D eigenvalue weighted by Crippen LogP contribution is 2.27. The third-order valence-electron chi connectivity index (χ3n) is 4.60. The van der Waals surface area contributed by atoms with E-state index in [1.54, 1.807) is 0 Å². The van der Waals surface area contributed by atoms with E-state index in [0.29, 0.717) is 30.4 Å². The topological polar surface area (TPSA) is 58.2 Å². The Kier molecular flexibility index (Phi) is 3.83. The first-order chi connectivity index (χ1) is 11.2. The lowest BCUT2D eigenvalue weighted by atomic mass is 10.1. The zero-order chi connectivity index (χ0) is 15.8. The second kappa shape index (κ2) is 5.98. The first-order valence-corrected chi connectivity index (χ1v) is 8.32. The predicted octanol–water partition coefficient (Wildman–Crippen LogP) is 2.77. The van der Waals surface area contributed by atoms with Crippen molar-refractivity contribution in [2.24, 2.45) is 0 Å². The molecule has 1 amide bonds. The first-order valence-electron chi connectivity index (χ1n) is 7.95. The van der Waals surface area contributed by atoms with E-state index in [-0.39, 0.29) is 12.0 Å². The van der Waals surface area contributed by atoms with Crippen molar-refractivity contribution in [2.75, 3.05) is 19.7 Å². The molecule has 6 heteroatoms. The molecule has 1 saturated heterocycles. The SMILES string of the molecule is O=C(c1n[nH]c2c1CCC2)N1CCO[C@@H](c2ccc(Cl)cc2)C1. The van der Waals surface area contributed by atoms with Gasteiger partial charge in [0.05, 0.1) is 13.2 Å². The summed E-state index contributed by atoms with van der Waals surface area (Å²) in [6.07, 6.45) is 2.92. The number of nitrogens with one attached hydrogen (secondary N) is 1. The summed E-state index contributed by atoms with van der Waals surface area (Å²) in [4.78, 5) is 14.7. The molecule has 1 aliphatic carbocycles. The van der Waals surface area contributed by atoms with Gasteiger partial charge < -0.3 is 9.64 Å². The molecule has 0 spiro atoms. The highest BCUT2D eigenvalue weighted by molar-refractivity contribution is 6.30. The zero-order valence-corrected chi connectivity index (χ0v) is 13.5. The highest BCUT2D eigenvalue weighted by Gasteiger charge is 2.30. The number of benzene rings is 1. The minimum atomic E-state index is -0.114. The maximum absolute atomic E-state index is 12.8. The Hall–Kier alpha value is -1.85. The number of morpholine rings is 1. The molecular formula is C17H18ClN3O2. The van der Waals surface area contributed by atoms with Crippen LogP contribution in [0.15, 0.2) is 24.3 Å². The normalized spacial score (nSPS) is 20.6. The second-order valence-electron chi connectivity index (χ2n) is 6.05. The summed E-state index contributed by atoms with van der Waals surface area (Å²) in [5, 5.41) is 7.96. The quantitative estimate of drug-likeness (QED) is 0.920. The number of carbonyl (C=O) groups is 1. The van der Waals surface area contributed by atoms with E-state index in [4.69, 9.17) is 16.3 Å². The molecule has 1 aliphatic heterocycles. The largest absolute Gasteiger partial charge is 0.370 e. The number of nitrogens with zero attached hydrogens (tertiary/aromatic N) is 2. The van der Waals surface area contributed by atoms with Crippen LogP contribution in [0, 0.1) is 0 Å². The lowest BCUT2D eigenvalue weighted by molar-refractivity contribution is -0.0230. The average molecular weight is 332 g/mol. The Balaban J connectivity index is 1.52. The van der Waals surface area contributed by atoms with Gasteiger partial charge in [0.2, 0.25) is 0 Å². The summed E-state index contributed by atoms with van der Waals surface area (Å²) >= 11 is 5.93. The summed E-state index contributed by atoms with van der Waals surface area (Å²) in [7, 11) is 0. The van der Waals surface area contributed by atoms with Gasteiger partial charge in [-0.1, -0.05) is 23.7 Å². The van der Waals surface area contributed by atoms with Crippen molar-refractivity contribution >= 4 is 17.5 Å². The molecule has 4 rings (SSSR count). The van der Waals surface area contributed by atoms with Gasteiger partial charge in [-0.25, -0.2) is 0 Å². The molecule has 23 heavy (non-hydrogen) atoms. The predicted molar refractivity (Wildman–Crippen MR) is 86.7 cm³/mol. The van der Waals surface area contributed by atoms with Crippen LogP contribution in [0.4, 0.5) is 0 Å². The van der Waals surface area contributed by atoms with E-state index in [1.807, 2.05) is 29.2 Å². The molecule has 1 N–H and O–H groups in total. The Morgan fingerprint density at radius 1 is 1.30 bits per heavy atom. The van der Waals surface area contributed by atoms with Crippen LogP contribution in [0.5, 0.6) is 0 Å². The summed E-state index contributed by atoms with van der Waals surface area (Å²) in [5.41, 5.74) is 3.86. The number of aromatic nitrogens is 2. The molecule has 0 bridgehead atoms. The number of hydrogen-bond donors (Lipinski definition) is 1. The number of carbonyl (C=O) groups excluding carboxylic acids is 1. The first kappa shape index (κ1) is 14.7. The fourth-order valence-electron chi connectivity index (χ4n) is 3.36.